The minimum atomic E-state index is -0.396. The summed E-state index contributed by atoms with van der Waals surface area (Å²) in [6.45, 7) is 2.04. The Morgan fingerprint density at radius 1 is 1.12 bits per heavy atom. The molecule has 130 valence electrons. The zero-order chi connectivity index (χ0) is 18.1. The fourth-order valence-electron chi connectivity index (χ4n) is 2.65. The maximum atomic E-state index is 13.0. The van der Waals surface area contributed by atoms with E-state index in [0.717, 1.165) is 10.9 Å². The van der Waals surface area contributed by atoms with Crippen molar-refractivity contribution in [2.75, 3.05) is 0 Å². The highest BCUT2D eigenvalue weighted by atomic mass is 19.1. The summed E-state index contributed by atoms with van der Waals surface area (Å²) >= 11 is 0. The van der Waals surface area contributed by atoms with Gasteiger partial charge in [-0.15, -0.1) is 0 Å². The van der Waals surface area contributed by atoms with Gasteiger partial charge in [0.2, 0.25) is 5.89 Å². The third-order valence-electron chi connectivity index (χ3n) is 3.95. The molecule has 0 amide bonds. The highest BCUT2D eigenvalue weighted by Gasteiger charge is 2.09. The molecule has 0 radical (unpaired) electrons. The van der Waals surface area contributed by atoms with Crippen LogP contribution in [0.2, 0.25) is 0 Å². The van der Waals surface area contributed by atoms with Crippen molar-refractivity contribution in [1.29, 1.82) is 0 Å². The Kier molecular flexibility index (Phi) is 4.01. The molecule has 4 rings (SSSR count). The number of hydrogen-bond donors (Lipinski definition) is 0. The third kappa shape index (κ3) is 3.21. The third-order valence-corrected chi connectivity index (χ3v) is 3.95. The Labute approximate surface area is 147 Å². The van der Waals surface area contributed by atoms with Crippen molar-refractivity contribution in [2.24, 2.45) is 0 Å². The number of hydrogen-bond acceptors (Lipinski definition) is 5. The van der Waals surface area contributed by atoms with Crippen molar-refractivity contribution in [3.8, 4) is 17.2 Å². The Balaban J connectivity index is 1.51. The average molecular weight is 351 g/mol. The molecule has 4 aromatic rings. The van der Waals surface area contributed by atoms with Crippen LogP contribution >= 0.6 is 0 Å². The molecule has 26 heavy (non-hydrogen) atoms. The number of halogens is 1. The highest BCUT2D eigenvalue weighted by Crippen LogP contribution is 2.24. The van der Waals surface area contributed by atoms with Crippen LogP contribution in [0.4, 0.5) is 4.39 Å². The molecule has 0 fully saturated rings. The smallest absolute Gasteiger partial charge is 0.336 e. The largest absolute Gasteiger partial charge is 0.487 e. The molecule has 0 saturated heterocycles. The van der Waals surface area contributed by atoms with Gasteiger partial charge in [0.25, 0.3) is 0 Å². The van der Waals surface area contributed by atoms with Crippen LogP contribution in [0.1, 0.15) is 11.3 Å². The van der Waals surface area contributed by atoms with Crippen LogP contribution in [0.15, 0.2) is 68.4 Å². The molecular formula is C20H14FNO4. The molecule has 0 aliphatic rings. The van der Waals surface area contributed by atoms with Gasteiger partial charge in [0.1, 0.15) is 35.7 Å². The molecule has 0 unspecified atom stereocenters. The molecule has 2 aromatic carbocycles. The van der Waals surface area contributed by atoms with E-state index in [4.69, 9.17) is 13.6 Å². The predicted molar refractivity (Wildman–Crippen MR) is 93.5 cm³/mol. The summed E-state index contributed by atoms with van der Waals surface area (Å²) in [6.07, 6.45) is 1.49. The summed E-state index contributed by atoms with van der Waals surface area (Å²) in [7, 11) is 0. The van der Waals surface area contributed by atoms with Crippen LogP contribution in [0.25, 0.3) is 22.4 Å². The maximum Gasteiger partial charge on any atom is 0.336 e. The van der Waals surface area contributed by atoms with E-state index in [2.05, 4.69) is 4.98 Å². The number of rotatable bonds is 4. The number of nitrogens with zero attached hydrogens (tertiary/aromatic N) is 1. The van der Waals surface area contributed by atoms with E-state index < -0.39 is 5.63 Å². The van der Waals surface area contributed by atoms with E-state index in [0.29, 0.717) is 28.5 Å². The molecule has 0 spiro atoms. The Bertz CT molecular complexity index is 1130. The summed E-state index contributed by atoms with van der Waals surface area (Å²) in [5.41, 5.74) is 2.20. The van der Waals surface area contributed by atoms with Gasteiger partial charge in [0.15, 0.2) is 0 Å². The van der Waals surface area contributed by atoms with E-state index in [1.807, 2.05) is 13.0 Å². The van der Waals surface area contributed by atoms with Gasteiger partial charge in [-0.1, -0.05) is 0 Å². The van der Waals surface area contributed by atoms with E-state index >= 15 is 0 Å². The summed E-state index contributed by atoms with van der Waals surface area (Å²) in [6, 6.07) is 12.7. The lowest BCUT2D eigenvalue weighted by Gasteiger charge is -2.06. The summed E-state index contributed by atoms with van der Waals surface area (Å²) in [4.78, 5) is 15.8. The topological polar surface area (TPSA) is 65.5 Å². The van der Waals surface area contributed by atoms with E-state index in [9.17, 15) is 9.18 Å². The molecule has 2 heterocycles. The van der Waals surface area contributed by atoms with Crippen molar-refractivity contribution in [1.82, 2.24) is 4.98 Å². The quantitative estimate of drug-likeness (QED) is 0.507. The first kappa shape index (κ1) is 16.1. The van der Waals surface area contributed by atoms with Crippen molar-refractivity contribution < 1.29 is 18.0 Å². The van der Waals surface area contributed by atoms with Gasteiger partial charge in [0, 0.05) is 23.1 Å². The number of benzene rings is 2. The van der Waals surface area contributed by atoms with Gasteiger partial charge in [-0.05, 0) is 48.9 Å². The number of oxazole rings is 1. The molecule has 0 aliphatic heterocycles. The highest BCUT2D eigenvalue weighted by molar-refractivity contribution is 5.81. The molecular weight excluding hydrogens is 337 g/mol. The molecule has 5 nitrogen and oxygen atoms in total. The molecule has 0 saturated carbocycles. The summed E-state index contributed by atoms with van der Waals surface area (Å²) in [5, 5.41) is 0.858. The van der Waals surface area contributed by atoms with Crippen molar-refractivity contribution >= 4 is 11.0 Å². The standard InChI is InChI=1S/C20H14FNO4/c1-12-8-19(23)26-18-9-16(6-7-17(12)18)24-10-15-11-25-20(22-15)13-2-4-14(21)5-3-13/h2-9,11H,10H2,1H3. The van der Waals surface area contributed by atoms with E-state index in [-0.39, 0.29) is 12.4 Å². The fourth-order valence-corrected chi connectivity index (χ4v) is 2.65. The Morgan fingerprint density at radius 2 is 1.92 bits per heavy atom. The summed E-state index contributed by atoms with van der Waals surface area (Å²) in [5.74, 6) is 0.628. The fraction of sp³-hybridized carbons (Fsp3) is 0.100. The van der Waals surface area contributed by atoms with Gasteiger partial charge in [-0.2, -0.15) is 0 Å². The minimum absolute atomic E-state index is 0.187. The van der Waals surface area contributed by atoms with Gasteiger partial charge in [-0.3, -0.25) is 0 Å². The zero-order valence-corrected chi connectivity index (χ0v) is 13.9. The molecule has 0 N–H and O–H groups in total. The predicted octanol–water partition coefficient (Wildman–Crippen LogP) is 4.47. The van der Waals surface area contributed by atoms with Crippen molar-refractivity contribution in [3.05, 3.63) is 82.3 Å². The second-order valence-electron chi connectivity index (χ2n) is 5.85. The SMILES string of the molecule is Cc1cc(=O)oc2cc(OCc3coc(-c4ccc(F)cc4)n3)ccc12. The lowest BCUT2D eigenvalue weighted by molar-refractivity contribution is 0.301. The van der Waals surface area contributed by atoms with Crippen LogP contribution in [0.5, 0.6) is 5.75 Å². The lowest BCUT2D eigenvalue weighted by atomic mass is 10.1. The number of ether oxygens (including phenoxy) is 1. The number of fused-ring (bicyclic) bond motifs is 1. The van der Waals surface area contributed by atoms with Crippen LogP contribution < -0.4 is 10.4 Å². The second-order valence-corrected chi connectivity index (χ2v) is 5.85. The number of aromatic nitrogens is 1. The zero-order valence-electron chi connectivity index (χ0n) is 13.9. The molecule has 0 bridgehead atoms. The van der Waals surface area contributed by atoms with Gasteiger partial charge in [-0.25, -0.2) is 14.2 Å². The van der Waals surface area contributed by atoms with Gasteiger partial charge < -0.3 is 13.6 Å². The van der Waals surface area contributed by atoms with Crippen molar-refractivity contribution in [2.45, 2.75) is 13.5 Å². The van der Waals surface area contributed by atoms with Crippen molar-refractivity contribution in [3.63, 3.8) is 0 Å². The molecule has 6 heteroatoms. The first-order chi connectivity index (χ1) is 12.6. The lowest BCUT2D eigenvalue weighted by Crippen LogP contribution is -1.99. The Hall–Kier alpha value is -3.41. The molecule has 0 aliphatic carbocycles. The monoisotopic (exact) mass is 351 g/mol. The van der Waals surface area contributed by atoms with Crippen LogP contribution in [-0.4, -0.2) is 4.98 Å². The van der Waals surface area contributed by atoms with Crippen LogP contribution in [0, 0.1) is 12.7 Å². The molecule has 0 atom stereocenters. The van der Waals surface area contributed by atoms with Crippen LogP contribution in [-0.2, 0) is 6.61 Å². The Morgan fingerprint density at radius 3 is 2.73 bits per heavy atom. The van der Waals surface area contributed by atoms with Gasteiger partial charge >= 0.3 is 5.63 Å². The minimum Gasteiger partial charge on any atom is -0.487 e. The normalized spacial score (nSPS) is 11.0. The second kappa shape index (κ2) is 6.48. The summed E-state index contributed by atoms with van der Waals surface area (Å²) < 4.78 is 29.3. The van der Waals surface area contributed by atoms with Crippen LogP contribution in [0.3, 0.4) is 0 Å². The first-order valence-electron chi connectivity index (χ1n) is 7.96. The van der Waals surface area contributed by atoms with E-state index in [1.54, 1.807) is 24.3 Å². The van der Waals surface area contributed by atoms with E-state index in [1.165, 1.54) is 24.5 Å². The average Bonchev–Trinajstić information content (AvgIpc) is 3.09. The first-order valence-corrected chi connectivity index (χ1v) is 7.96. The maximum absolute atomic E-state index is 13.0. The number of aryl methyl sites for hydroxylation is 1. The molecule has 2 aromatic heterocycles. The van der Waals surface area contributed by atoms with Gasteiger partial charge in [0.05, 0.1) is 0 Å².